The number of benzene rings is 1. The summed E-state index contributed by atoms with van der Waals surface area (Å²) in [5.41, 5.74) is 1.23. The molecule has 1 unspecified atom stereocenters. The van der Waals surface area contributed by atoms with Crippen molar-refractivity contribution in [2.75, 3.05) is 13.2 Å². The summed E-state index contributed by atoms with van der Waals surface area (Å²) in [6.07, 6.45) is 4.76. The molecule has 1 fully saturated rings. The van der Waals surface area contributed by atoms with E-state index in [0.717, 1.165) is 25.2 Å². The summed E-state index contributed by atoms with van der Waals surface area (Å²) in [5, 5.41) is 9.45. The fraction of sp³-hybridized carbons (Fsp3) is 0.600. The van der Waals surface area contributed by atoms with Crippen molar-refractivity contribution in [2.45, 2.75) is 38.5 Å². The predicted molar refractivity (Wildman–Crippen MR) is 69.4 cm³/mol. The second-order valence-corrected chi connectivity index (χ2v) is 4.90. The first kappa shape index (κ1) is 12.4. The number of ether oxygens (including phenoxy) is 1. The normalized spacial score (nSPS) is 16.8. The number of aliphatic hydroxyl groups excluding tert-OH is 1. The third-order valence-corrected chi connectivity index (χ3v) is 3.44. The molecule has 2 heteroatoms. The molecule has 0 aromatic heterocycles. The Morgan fingerprint density at radius 1 is 1.41 bits per heavy atom. The zero-order valence-corrected chi connectivity index (χ0v) is 10.6. The number of unbranched alkanes of at least 4 members (excludes halogenated alkanes) is 1. The lowest BCUT2D eigenvalue weighted by molar-refractivity contribution is 0.252. The molecule has 94 valence electrons. The van der Waals surface area contributed by atoms with Crippen LogP contribution in [-0.2, 0) is 0 Å². The molecular weight excluding hydrogens is 212 g/mol. The average molecular weight is 234 g/mol. The lowest BCUT2D eigenvalue weighted by Crippen LogP contribution is -2.06. The largest absolute Gasteiger partial charge is 0.494 e. The molecule has 0 aliphatic heterocycles. The van der Waals surface area contributed by atoms with Crippen LogP contribution in [0.4, 0.5) is 0 Å². The van der Waals surface area contributed by atoms with Crippen molar-refractivity contribution in [3.05, 3.63) is 29.8 Å². The SMILES string of the molecule is CCCCOc1cccc(C(CO)C2CC2)c1. The minimum atomic E-state index is 0.253. The molecule has 1 saturated carbocycles. The van der Waals surface area contributed by atoms with Gasteiger partial charge in [-0.3, -0.25) is 0 Å². The van der Waals surface area contributed by atoms with Gasteiger partial charge in [-0.2, -0.15) is 0 Å². The van der Waals surface area contributed by atoms with Crippen LogP contribution in [0.2, 0.25) is 0 Å². The molecule has 0 spiro atoms. The molecule has 2 rings (SSSR count). The van der Waals surface area contributed by atoms with Crippen LogP contribution in [0.1, 0.15) is 44.1 Å². The van der Waals surface area contributed by atoms with E-state index in [9.17, 15) is 5.11 Å². The van der Waals surface area contributed by atoms with Gasteiger partial charge in [0, 0.05) is 5.92 Å². The number of hydrogen-bond donors (Lipinski definition) is 1. The highest BCUT2D eigenvalue weighted by Crippen LogP contribution is 2.42. The van der Waals surface area contributed by atoms with Gasteiger partial charge in [0.2, 0.25) is 0 Å². The Morgan fingerprint density at radius 3 is 2.88 bits per heavy atom. The van der Waals surface area contributed by atoms with Crippen molar-refractivity contribution in [2.24, 2.45) is 5.92 Å². The summed E-state index contributed by atoms with van der Waals surface area (Å²) in [6.45, 7) is 3.20. The number of rotatable bonds is 7. The van der Waals surface area contributed by atoms with Crippen LogP contribution in [0.5, 0.6) is 5.75 Å². The predicted octanol–water partition coefficient (Wildman–Crippen LogP) is 3.35. The summed E-state index contributed by atoms with van der Waals surface area (Å²) in [7, 11) is 0. The van der Waals surface area contributed by atoms with E-state index in [1.54, 1.807) is 0 Å². The van der Waals surface area contributed by atoms with Gasteiger partial charge in [0.1, 0.15) is 5.75 Å². The first-order valence-corrected chi connectivity index (χ1v) is 6.68. The van der Waals surface area contributed by atoms with E-state index in [2.05, 4.69) is 19.1 Å². The molecule has 1 aromatic rings. The van der Waals surface area contributed by atoms with Gasteiger partial charge in [0.05, 0.1) is 13.2 Å². The van der Waals surface area contributed by atoms with Gasteiger partial charge in [-0.25, -0.2) is 0 Å². The van der Waals surface area contributed by atoms with Gasteiger partial charge >= 0.3 is 0 Å². The maximum Gasteiger partial charge on any atom is 0.119 e. The Kier molecular flexibility index (Phi) is 4.43. The molecule has 1 aliphatic carbocycles. The molecule has 17 heavy (non-hydrogen) atoms. The minimum Gasteiger partial charge on any atom is -0.494 e. The van der Waals surface area contributed by atoms with E-state index in [4.69, 9.17) is 4.74 Å². The Balaban J connectivity index is 1.99. The fourth-order valence-corrected chi connectivity index (χ4v) is 2.19. The number of aliphatic hydroxyl groups is 1. The van der Waals surface area contributed by atoms with E-state index in [-0.39, 0.29) is 6.61 Å². The van der Waals surface area contributed by atoms with Gasteiger partial charge < -0.3 is 9.84 Å². The van der Waals surface area contributed by atoms with Crippen molar-refractivity contribution in [1.29, 1.82) is 0 Å². The Bertz CT molecular complexity index is 345. The first-order valence-electron chi connectivity index (χ1n) is 6.68. The minimum absolute atomic E-state index is 0.253. The highest BCUT2D eigenvalue weighted by atomic mass is 16.5. The quantitative estimate of drug-likeness (QED) is 0.733. The van der Waals surface area contributed by atoms with E-state index >= 15 is 0 Å². The van der Waals surface area contributed by atoms with Gasteiger partial charge in [0.15, 0.2) is 0 Å². The molecule has 1 atom stereocenters. The molecule has 0 amide bonds. The maximum atomic E-state index is 9.45. The van der Waals surface area contributed by atoms with E-state index < -0.39 is 0 Å². The Labute approximate surface area is 104 Å². The molecular formula is C15H22O2. The van der Waals surface area contributed by atoms with Gasteiger partial charge in [-0.15, -0.1) is 0 Å². The number of hydrogen-bond acceptors (Lipinski definition) is 2. The molecule has 1 aliphatic rings. The Hall–Kier alpha value is -1.02. The van der Waals surface area contributed by atoms with E-state index in [1.165, 1.54) is 18.4 Å². The van der Waals surface area contributed by atoms with Gasteiger partial charge in [-0.1, -0.05) is 25.5 Å². The van der Waals surface area contributed by atoms with Crippen LogP contribution < -0.4 is 4.74 Å². The summed E-state index contributed by atoms with van der Waals surface area (Å²) < 4.78 is 5.70. The van der Waals surface area contributed by atoms with Crippen molar-refractivity contribution in [3.63, 3.8) is 0 Å². The zero-order valence-electron chi connectivity index (χ0n) is 10.6. The highest BCUT2D eigenvalue weighted by molar-refractivity contribution is 5.32. The van der Waals surface area contributed by atoms with E-state index in [1.807, 2.05) is 12.1 Å². The fourth-order valence-electron chi connectivity index (χ4n) is 2.19. The standard InChI is InChI=1S/C15H22O2/c1-2-3-9-17-14-6-4-5-13(10-14)15(11-16)12-7-8-12/h4-6,10,12,15-16H,2-3,7-9,11H2,1H3. The third-order valence-electron chi connectivity index (χ3n) is 3.44. The van der Waals surface area contributed by atoms with Crippen LogP contribution in [0.15, 0.2) is 24.3 Å². The van der Waals surface area contributed by atoms with Crippen molar-refractivity contribution >= 4 is 0 Å². The molecule has 1 aromatic carbocycles. The monoisotopic (exact) mass is 234 g/mol. The summed E-state index contributed by atoms with van der Waals surface area (Å²) in [5.74, 6) is 1.94. The zero-order chi connectivity index (χ0) is 12.1. The van der Waals surface area contributed by atoms with Crippen molar-refractivity contribution < 1.29 is 9.84 Å². The third kappa shape index (κ3) is 3.47. The molecule has 1 N–H and O–H groups in total. The van der Waals surface area contributed by atoms with Crippen molar-refractivity contribution in [3.8, 4) is 5.75 Å². The average Bonchev–Trinajstić information content (AvgIpc) is 3.16. The maximum absolute atomic E-state index is 9.45. The van der Waals surface area contributed by atoms with Gasteiger partial charge in [-0.05, 0) is 42.9 Å². The van der Waals surface area contributed by atoms with Crippen LogP contribution in [0.3, 0.4) is 0 Å². The smallest absolute Gasteiger partial charge is 0.119 e. The lowest BCUT2D eigenvalue weighted by atomic mass is 9.95. The molecule has 0 saturated heterocycles. The molecule has 0 radical (unpaired) electrons. The van der Waals surface area contributed by atoms with Crippen LogP contribution >= 0.6 is 0 Å². The summed E-state index contributed by atoms with van der Waals surface area (Å²) in [4.78, 5) is 0. The first-order chi connectivity index (χ1) is 8.35. The topological polar surface area (TPSA) is 29.5 Å². The highest BCUT2D eigenvalue weighted by Gasteiger charge is 2.31. The Morgan fingerprint density at radius 2 is 2.24 bits per heavy atom. The summed E-state index contributed by atoms with van der Waals surface area (Å²) in [6, 6.07) is 8.23. The van der Waals surface area contributed by atoms with Crippen LogP contribution in [0.25, 0.3) is 0 Å². The van der Waals surface area contributed by atoms with Crippen LogP contribution in [0, 0.1) is 5.92 Å². The second-order valence-electron chi connectivity index (χ2n) is 4.90. The van der Waals surface area contributed by atoms with Crippen LogP contribution in [-0.4, -0.2) is 18.3 Å². The molecule has 0 heterocycles. The molecule has 2 nitrogen and oxygen atoms in total. The lowest BCUT2D eigenvalue weighted by Gasteiger charge is -2.15. The van der Waals surface area contributed by atoms with Gasteiger partial charge in [0.25, 0.3) is 0 Å². The van der Waals surface area contributed by atoms with E-state index in [0.29, 0.717) is 11.8 Å². The molecule has 0 bridgehead atoms. The van der Waals surface area contributed by atoms with Crippen molar-refractivity contribution in [1.82, 2.24) is 0 Å². The summed E-state index contributed by atoms with van der Waals surface area (Å²) >= 11 is 0. The second kappa shape index (κ2) is 6.06.